The Hall–Kier alpha value is -2.11. The predicted molar refractivity (Wildman–Crippen MR) is 89.4 cm³/mol. The predicted octanol–water partition coefficient (Wildman–Crippen LogP) is 3.17. The SMILES string of the molecule is CC(C)(C)OC(=O)NCCCNc1ccc2c(c1)OCCCO2. The number of hydrogen-bond donors (Lipinski definition) is 2. The lowest BCUT2D eigenvalue weighted by molar-refractivity contribution is 0.0528. The fourth-order valence-electron chi connectivity index (χ4n) is 2.10. The fraction of sp³-hybridized carbons (Fsp3) is 0.588. The van der Waals surface area contributed by atoms with E-state index in [1.165, 1.54) is 0 Å². The van der Waals surface area contributed by atoms with Gasteiger partial charge in [0, 0.05) is 31.3 Å². The summed E-state index contributed by atoms with van der Waals surface area (Å²) < 4.78 is 16.4. The molecule has 2 rings (SSSR count). The van der Waals surface area contributed by atoms with E-state index in [1.807, 2.05) is 39.0 Å². The van der Waals surface area contributed by atoms with Crippen molar-refractivity contribution in [2.75, 3.05) is 31.6 Å². The van der Waals surface area contributed by atoms with Crippen LogP contribution in [0, 0.1) is 0 Å². The van der Waals surface area contributed by atoms with Crippen LogP contribution in [0.3, 0.4) is 0 Å². The molecule has 6 nitrogen and oxygen atoms in total. The third kappa shape index (κ3) is 6.26. The van der Waals surface area contributed by atoms with Gasteiger partial charge in [-0.15, -0.1) is 0 Å². The number of alkyl carbamates (subject to hydrolysis) is 1. The van der Waals surface area contributed by atoms with Gasteiger partial charge in [0.25, 0.3) is 0 Å². The van der Waals surface area contributed by atoms with Crippen molar-refractivity contribution in [3.05, 3.63) is 18.2 Å². The van der Waals surface area contributed by atoms with E-state index in [4.69, 9.17) is 14.2 Å². The van der Waals surface area contributed by atoms with Crippen LogP contribution < -0.4 is 20.1 Å². The molecule has 1 aromatic rings. The number of benzene rings is 1. The van der Waals surface area contributed by atoms with E-state index in [1.54, 1.807) is 0 Å². The molecule has 1 amide bonds. The lowest BCUT2D eigenvalue weighted by Crippen LogP contribution is -2.33. The molecule has 1 aliphatic heterocycles. The number of anilines is 1. The highest BCUT2D eigenvalue weighted by Gasteiger charge is 2.15. The van der Waals surface area contributed by atoms with Crippen LogP contribution in [0.25, 0.3) is 0 Å². The van der Waals surface area contributed by atoms with Gasteiger partial charge in [-0.3, -0.25) is 0 Å². The molecule has 0 fully saturated rings. The van der Waals surface area contributed by atoms with E-state index in [0.29, 0.717) is 19.8 Å². The van der Waals surface area contributed by atoms with Crippen molar-refractivity contribution in [2.24, 2.45) is 0 Å². The topological polar surface area (TPSA) is 68.8 Å². The van der Waals surface area contributed by atoms with Crippen molar-refractivity contribution >= 4 is 11.8 Å². The first-order valence-electron chi connectivity index (χ1n) is 8.04. The Morgan fingerprint density at radius 1 is 1.17 bits per heavy atom. The maximum atomic E-state index is 11.5. The van der Waals surface area contributed by atoms with Gasteiger partial charge in [0.05, 0.1) is 13.2 Å². The summed E-state index contributed by atoms with van der Waals surface area (Å²) in [6.45, 7) is 8.21. The lowest BCUT2D eigenvalue weighted by Gasteiger charge is -2.19. The molecule has 0 saturated heterocycles. The van der Waals surface area contributed by atoms with E-state index in [0.717, 1.165) is 36.6 Å². The summed E-state index contributed by atoms with van der Waals surface area (Å²) in [5.41, 5.74) is 0.512. The molecule has 0 saturated carbocycles. The molecular weight excluding hydrogens is 296 g/mol. The van der Waals surface area contributed by atoms with Gasteiger partial charge >= 0.3 is 6.09 Å². The maximum absolute atomic E-state index is 11.5. The molecule has 0 aromatic heterocycles. The molecule has 1 heterocycles. The fourth-order valence-corrected chi connectivity index (χ4v) is 2.10. The number of ether oxygens (including phenoxy) is 3. The van der Waals surface area contributed by atoms with Crippen molar-refractivity contribution in [2.45, 2.75) is 39.2 Å². The molecule has 1 aromatic carbocycles. The second-order valence-corrected chi connectivity index (χ2v) is 6.42. The van der Waals surface area contributed by atoms with Crippen LogP contribution in [0.2, 0.25) is 0 Å². The molecule has 1 aliphatic rings. The molecule has 0 radical (unpaired) electrons. The van der Waals surface area contributed by atoms with E-state index in [9.17, 15) is 4.79 Å². The van der Waals surface area contributed by atoms with Gasteiger partial charge in [-0.2, -0.15) is 0 Å². The summed E-state index contributed by atoms with van der Waals surface area (Å²) in [7, 11) is 0. The smallest absolute Gasteiger partial charge is 0.407 e. The minimum absolute atomic E-state index is 0.381. The summed E-state index contributed by atoms with van der Waals surface area (Å²) >= 11 is 0. The number of rotatable bonds is 5. The van der Waals surface area contributed by atoms with Crippen LogP contribution >= 0.6 is 0 Å². The number of amides is 1. The van der Waals surface area contributed by atoms with Crippen LogP contribution in [0.1, 0.15) is 33.6 Å². The summed E-state index contributed by atoms with van der Waals surface area (Å²) in [6, 6.07) is 5.83. The highest BCUT2D eigenvalue weighted by molar-refractivity contribution is 5.67. The quantitative estimate of drug-likeness (QED) is 0.815. The van der Waals surface area contributed by atoms with Crippen molar-refractivity contribution in [3.63, 3.8) is 0 Å². The molecule has 0 bridgehead atoms. The zero-order valence-corrected chi connectivity index (χ0v) is 14.1. The second kappa shape index (κ2) is 7.94. The first-order chi connectivity index (χ1) is 10.9. The normalized spacial score (nSPS) is 13.9. The number of carbonyl (C=O) groups excluding carboxylic acids is 1. The first-order valence-corrected chi connectivity index (χ1v) is 8.04. The Morgan fingerprint density at radius 2 is 1.91 bits per heavy atom. The van der Waals surface area contributed by atoms with Crippen LogP contribution in [0.15, 0.2) is 18.2 Å². The van der Waals surface area contributed by atoms with Crippen molar-refractivity contribution in [3.8, 4) is 11.5 Å². The second-order valence-electron chi connectivity index (χ2n) is 6.42. The van der Waals surface area contributed by atoms with Gasteiger partial charge in [-0.1, -0.05) is 0 Å². The molecule has 6 heteroatoms. The van der Waals surface area contributed by atoms with Crippen LogP contribution in [-0.2, 0) is 4.74 Å². The average Bonchev–Trinajstić information content (AvgIpc) is 2.69. The van der Waals surface area contributed by atoms with E-state index < -0.39 is 5.60 Å². The van der Waals surface area contributed by atoms with Gasteiger partial charge in [0.1, 0.15) is 5.60 Å². The molecule has 2 N–H and O–H groups in total. The highest BCUT2D eigenvalue weighted by atomic mass is 16.6. The Bertz CT molecular complexity index is 526. The van der Waals surface area contributed by atoms with E-state index >= 15 is 0 Å². The zero-order chi connectivity index (χ0) is 16.7. The minimum atomic E-state index is -0.466. The van der Waals surface area contributed by atoms with Crippen molar-refractivity contribution < 1.29 is 19.0 Å². The molecule has 0 aliphatic carbocycles. The van der Waals surface area contributed by atoms with Crippen molar-refractivity contribution in [1.29, 1.82) is 0 Å². The molecule has 23 heavy (non-hydrogen) atoms. The lowest BCUT2D eigenvalue weighted by atomic mass is 10.2. The summed E-state index contributed by atoms with van der Waals surface area (Å²) in [6.07, 6.45) is 1.31. The zero-order valence-electron chi connectivity index (χ0n) is 14.1. The highest BCUT2D eigenvalue weighted by Crippen LogP contribution is 2.32. The largest absolute Gasteiger partial charge is 0.490 e. The van der Waals surface area contributed by atoms with Crippen LogP contribution in [-0.4, -0.2) is 38.0 Å². The average molecular weight is 322 g/mol. The standard InChI is InChI=1S/C17H26N2O4/c1-17(2,3)23-16(20)19-9-4-8-18-13-6-7-14-15(12-13)22-11-5-10-21-14/h6-7,12,18H,4-5,8-11H2,1-3H3,(H,19,20). The third-order valence-electron chi connectivity index (χ3n) is 3.10. The Morgan fingerprint density at radius 3 is 2.65 bits per heavy atom. The summed E-state index contributed by atoms with van der Waals surface area (Å²) in [5, 5.41) is 6.05. The maximum Gasteiger partial charge on any atom is 0.407 e. The monoisotopic (exact) mass is 322 g/mol. The van der Waals surface area contributed by atoms with E-state index in [2.05, 4.69) is 10.6 Å². The van der Waals surface area contributed by atoms with Gasteiger partial charge in [0.15, 0.2) is 11.5 Å². The number of carbonyl (C=O) groups is 1. The third-order valence-corrected chi connectivity index (χ3v) is 3.10. The Balaban J connectivity index is 1.68. The molecule has 0 atom stereocenters. The summed E-state index contributed by atoms with van der Waals surface area (Å²) in [4.78, 5) is 11.5. The minimum Gasteiger partial charge on any atom is -0.490 e. The Kier molecular flexibility index (Phi) is 5.96. The van der Waals surface area contributed by atoms with E-state index in [-0.39, 0.29) is 6.09 Å². The molecule has 0 spiro atoms. The first kappa shape index (κ1) is 17.2. The molecular formula is C17H26N2O4. The van der Waals surface area contributed by atoms with Gasteiger partial charge in [-0.05, 0) is 39.3 Å². The number of hydrogen-bond acceptors (Lipinski definition) is 5. The number of nitrogens with one attached hydrogen (secondary N) is 2. The Labute approximate surface area is 137 Å². The van der Waals surface area contributed by atoms with Gasteiger partial charge in [-0.25, -0.2) is 4.79 Å². The summed E-state index contributed by atoms with van der Waals surface area (Å²) in [5.74, 6) is 1.57. The molecule has 128 valence electrons. The van der Waals surface area contributed by atoms with Gasteiger partial charge < -0.3 is 24.8 Å². The number of fused-ring (bicyclic) bond motifs is 1. The van der Waals surface area contributed by atoms with Gasteiger partial charge in [0.2, 0.25) is 0 Å². The van der Waals surface area contributed by atoms with Crippen molar-refractivity contribution in [1.82, 2.24) is 5.32 Å². The molecule has 0 unspecified atom stereocenters. The van der Waals surface area contributed by atoms with Crippen LogP contribution in [0.4, 0.5) is 10.5 Å². The van der Waals surface area contributed by atoms with Crippen LogP contribution in [0.5, 0.6) is 11.5 Å².